The van der Waals surface area contributed by atoms with E-state index in [0.29, 0.717) is 6.54 Å². The zero-order chi connectivity index (χ0) is 22.5. The summed E-state index contributed by atoms with van der Waals surface area (Å²) in [5, 5.41) is 12.7. The first-order chi connectivity index (χ1) is 15.5. The van der Waals surface area contributed by atoms with Gasteiger partial charge >= 0.3 is 5.97 Å². The molecule has 0 unspecified atom stereocenters. The van der Waals surface area contributed by atoms with Gasteiger partial charge in [-0.15, -0.1) is 0 Å². The molecule has 2 N–H and O–H groups in total. The van der Waals surface area contributed by atoms with Crippen molar-refractivity contribution in [2.24, 2.45) is 4.99 Å². The Labute approximate surface area is 189 Å². The van der Waals surface area contributed by atoms with Crippen molar-refractivity contribution in [1.29, 1.82) is 0 Å². The predicted molar refractivity (Wildman–Crippen MR) is 128 cm³/mol. The van der Waals surface area contributed by atoms with Crippen LogP contribution in [0.25, 0.3) is 0 Å². The maximum atomic E-state index is 11.4. The van der Waals surface area contributed by atoms with Crippen LogP contribution in [0.3, 0.4) is 0 Å². The molecule has 0 spiro atoms. The Morgan fingerprint density at radius 2 is 1.97 bits per heavy atom. The van der Waals surface area contributed by atoms with Crippen molar-refractivity contribution in [2.45, 2.75) is 32.8 Å². The number of ether oxygens (including phenoxy) is 1. The van der Waals surface area contributed by atoms with E-state index < -0.39 is 5.97 Å². The van der Waals surface area contributed by atoms with Crippen molar-refractivity contribution < 1.29 is 14.6 Å². The Morgan fingerprint density at radius 3 is 2.69 bits per heavy atom. The molecule has 2 fully saturated rings. The molecule has 0 aliphatic carbocycles. The van der Waals surface area contributed by atoms with E-state index >= 15 is 0 Å². The minimum atomic E-state index is -0.936. The van der Waals surface area contributed by atoms with Crippen LogP contribution in [0, 0.1) is 13.8 Å². The second kappa shape index (κ2) is 10.0. The molecule has 4 rings (SSSR count). The van der Waals surface area contributed by atoms with Gasteiger partial charge in [0.05, 0.1) is 18.2 Å². The third-order valence-corrected chi connectivity index (χ3v) is 6.12. The largest absolute Gasteiger partial charge is 0.478 e. The molecule has 0 amide bonds. The lowest BCUT2D eigenvalue weighted by molar-refractivity contribution is 0.0697. The summed E-state index contributed by atoms with van der Waals surface area (Å²) >= 11 is 0. The molecule has 2 aromatic rings. The average Bonchev–Trinajstić information content (AvgIpc) is 3.32. The fraction of sp³-hybridized carbons (Fsp3) is 0.440. The van der Waals surface area contributed by atoms with Gasteiger partial charge < -0.3 is 25.0 Å². The number of aryl methyl sites for hydroxylation is 2. The quantitative estimate of drug-likeness (QED) is 0.549. The molecule has 0 aromatic heterocycles. The van der Waals surface area contributed by atoms with Gasteiger partial charge in [-0.3, -0.25) is 4.99 Å². The zero-order valence-corrected chi connectivity index (χ0v) is 18.9. The van der Waals surface area contributed by atoms with Crippen LogP contribution in [0.5, 0.6) is 0 Å². The van der Waals surface area contributed by atoms with E-state index in [1.165, 1.54) is 16.8 Å². The minimum Gasteiger partial charge on any atom is -0.478 e. The normalized spacial score (nSPS) is 19.3. The lowest BCUT2D eigenvalue weighted by Gasteiger charge is -2.38. The summed E-state index contributed by atoms with van der Waals surface area (Å²) in [4.78, 5) is 20.9. The Balaban J connectivity index is 1.48. The number of aliphatic imine (C=N–C) groups is 1. The summed E-state index contributed by atoms with van der Waals surface area (Å²) in [7, 11) is 0. The third kappa shape index (κ3) is 5.40. The highest BCUT2D eigenvalue weighted by atomic mass is 16.5. The topological polar surface area (TPSA) is 77.4 Å². The molecule has 1 atom stereocenters. The number of carboxylic acids is 1. The van der Waals surface area contributed by atoms with Crippen molar-refractivity contribution in [3.63, 3.8) is 0 Å². The van der Waals surface area contributed by atoms with Gasteiger partial charge in [0.2, 0.25) is 0 Å². The van der Waals surface area contributed by atoms with Crippen LogP contribution >= 0.6 is 0 Å². The van der Waals surface area contributed by atoms with Crippen LogP contribution in [0.1, 0.15) is 34.3 Å². The molecule has 0 bridgehead atoms. The molecule has 2 saturated heterocycles. The number of guanidine groups is 1. The number of hydrogen-bond donors (Lipinski definition) is 2. The Kier molecular flexibility index (Phi) is 6.95. The summed E-state index contributed by atoms with van der Waals surface area (Å²) in [6, 6.07) is 13.5. The molecule has 0 saturated carbocycles. The molecule has 32 heavy (non-hydrogen) atoms. The number of carbonyl (C=O) groups is 1. The number of anilines is 2. The Hall–Kier alpha value is -3.06. The van der Waals surface area contributed by atoms with Gasteiger partial charge in [-0.05, 0) is 62.1 Å². The highest BCUT2D eigenvalue weighted by molar-refractivity contribution is 5.96. The lowest BCUT2D eigenvalue weighted by atomic mass is 10.1. The van der Waals surface area contributed by atoms with Gasteiger partial charge in [0.1, 0.15) is 0 Å². The number of hydrogen-bond acceptors (Lipinski definition) is 4. The van der Waals surface area contributed by atoms with E-state index in [-0.39, 0.29) is 11.7 Å². The fourth-order valence-corrected chi connectivity index (χ4v) is 4.27. The first kappa shape index (κ1) is 22.1. The number of piperazine rings is 1. The second-order valence-corrected chi connectivity index (χ2v) is 8.57. The molecule has 170 valence electrons. The Morgan fingerprint density at radius 1 is 1.16 bits per heavy atom. The molecule has 2 heterocycles. The monoisotopic (exact) mass is 436 g/mol. The Bertz CT molecular complexity index is 977. The predicted octanol–water partition coefficient (Wildman–Crippen LogP) is 3.77. The lowest BCUT2D eigenvalue weighted by Crippen LogP contribution is -2.51. The van der Waals surface area contributed by atoms with Gasteiger partial charge in [0, 0.05) is 44.2 Å². The minimum absolute atomic E-state index is 0.161. The summed E-state index contributed by atoms with van der Waals surface area (Å²) in [6.07, 6.45) is 2.28. The molecule has 7 nitrogen and oxygen atoms in total. The molecule has 2 aliphatic rings. The SMILES string of the molecule is Cc1ccc(C)c(N2CCN(C(=NC[C@H]3CCCO3)Nc3cccc(C(=O)O)c3)CC2)c1. The van der Waals surface area contributed by atoms with Crippen molar-refractivity contribution in [1.82, 2.24) is 4.90 Å². The summed E-state index contributed by atoms with van der Waals surface area (Å²) in [5.41, 5.74) is 4.84. The van der Waals surface area contributed by atoms with Crippen LogP contribution in [0.4, 0.5) is 11.4 Å². The third-order valence-electron chi connectivity index (χ3n) is 6.12. The van der Waals surface area contributed by atoms with Crippen LogP contribution in [-0.4, -0.2) is 67.4 Å². The van der Waals surface area contributed by atoms with Crippen molar-refractivity contribution in [3.8, 4) is 0 Å². The number of benzene rings is 2. The molecule has 7 heteroatoms. The second-order valence-electron chi connectivity index (χ2n) is 8.57. The number of rotatable bonds is 5. The number of nitrogens with zero attached hydrogens (tertiary/aromatic N) is 3. The van der Waals surface area contributed by atoms with Gasteiger partial charge in [-0.25, -0.2) is 4.79 Å². The zero-order valence-electron chi connectivity index (χ0n) is 18.9. The van der Waals surface area contributed by atoms with Gasteiger partial charge in [-0.2, -0.15) is 0 Å². The van der Waals surface area contributed by atoms with E-state index in [4.69, 9.17) is 9.73 Å². The molecule has 2 aliphatic heterocycles. The highest BCUT2D eigenvalue weighted by Gasteiger charge is 2.23. The van der Waals surface area contributed by atoms with Gasteiger partial charge in [0.15, 0.2) is 5.96 Å². The summed E-state index contributed by atoms with van der Waals surface area (Å²) in [6.45, 7) is 9.18. The fourth-order valence-electron chi connectivity index (χ4n) is 4.27. The van der Waals surface area contributed by atoms with E-state index in [1.54, 1.807) is 18.2 Å². The van der Waals surface area contributed by atoms with Crippen molar-refractivity contribution in [2.75, 3.05) is 49.5 Å². The smallest absolute Gasteiger partial charge is 0.335 e. The van der Waals surface area contributed by atoms with Gasteiger partial charge in [0.25, 0.3) is 0 Å². The first-order valence-corrected chi connectivity index (χ1v) is 11.3. The average molecular weight is 437 g/mol. The summed E-state index contributed by atoms with van der Waals surface area (Å²) in [5.74, 6) is -0.155. The van der Waals surface area contributed by atoms with Gasteiger partial charge in [-0.1, -0.05) is 18.2 Å². The maximum absolute atomic E-state index is 11.4. The number of nitrogens with one attached hydrogen (secondary N) is 1. The van der Waals surface area contributed by atoms with Crippen molar-refractivity contribution >= 4 is 23.3 Å². The molecule has 0 radical (unpaired) electrons. The van der Waals surface area contributed by atoms with E-state index in [9.17, 15) is 9.90 Å². The van der Waals surface area contributed by atoms with E-state index in [1.807, 2.05) is 6.07 Å². The van der Waals surface area contributed by atoms with E-state index in [2.05, 4.69) is 47.2 Å². The van der Waals surface area contributed by atoms with Crippen molar-refractivity contribution in [3.05, 3.63) is 59.2 Å². The van der Waals surface area contributed by atoms with E-state index in [0.717, 1.165) is 57.3 Å². The molecular formula is C25H32N4O3. The van der Waals surface area contributed by atoms with Crippen LogP contribution in [0.15, 0.2) is 47.5 Å². The first-order valence-electron chi connectivity index (χ1n) is 11.3. The number of aromatic carboxylic acids is 1. The highest BCUT2D eigenvalue weighted by Crippen LogP contribution is 2.23. The molecule has 2 aromatic carbocycles. The number of carboxylic acid groups (broad SMARTS) is 1. The molecular weight excluding hydrogens is 404 g/mol. The van der Waals surface area contributed by atoms with Crippen LogP contribution in [0.2, 0.25) is 0 Å². The maximum Gasteiger partial charge on any atom is 0.335 e. The summed E-state index contributed by atoms with van der Waals surface area (Å²) < 4.78 is 5.75. The van der Waals surface area contributed by atoms with Crippen LogP contribution < -0.4 is 10.2 Å². The van der Waals surface area contributed by atoms with Crippen LogP contribution in [-0.2, 0) is 4.74 Å². The standard InChI is InChI=1S/C25H32N4O3/c1-18-8-9-19(2)23(15-18)28-10-12-29(13-11-28)25(26-17-22-7-4-14-32-22)27-21-6-3-5-20(16-21)24(30)31/h3,5-6,8-9,15-16,22H,4,7,10-14,17H2,1-2H3,(H,26,27)(H,30,31)/t22-/m1/s1.